The maximum Gasteiger partial charge on any atom is 0.338 e. The van der Waals surface area contributed by atoms with Crippen molar-refractivity contribution < 1.29 is 14.3 Å². The molecule has 0 saturated carbocycles. The summed E-state index contributed by atoms with van der Waals surface area (Å²) in [5.74, 6) is -1.24. The molecule has 1 rings (SSSR count). The van der Waals surface area contributed by atoms with Gasteiger partial charge in [-0.3, -0.25) is 4.79 Å². The van der Waals surface area contributed by atoms with E-state index in [4.69, 9.17) is 16.2 Å². The van der Waals surface area contributed by atoms with Gasteiger partial charge in [-0.25, -0.2) is 4.79 Å². The summed E-state index contributed by atoms with van der Waals surface area (Å²) >= 11 is 0. The Hall–Kier alpha value is -2.04. The molecule has 0 aliphatic rings. The Kier molecular flexibility index (Phi) is 4.09. The molecule has 4 N–H and O–H groups in total. The van der Waals surface area contributed by atoms with Gasteiger partial charge in [0.25, 0.3) is 5.91 Å². The minimum atomic E-state index is -0.899. The summed E-state index contributed by atoms with van der Waals surface area (Å²) < 4.78 is 4.99. The second-order valence-electron chi connectivity index (χ2n) is 3.84. The van der Waals surface area contributed by atoms with Crippen molar-refractivity contribution in [3.05, 3.63) is 29.3 Å². The number of amides is 1. The van der Waals surface area contributed by atoms with Gasteiger partial charge in [-0.1, -0.05) is 6.92 Å². The third-order valence-corrected chi connectivity index (χ3v) is 2.27. The van der Waals surface area contributed by atoms with E-state index < -0.39 is 18.0 Å². The first-order valence-corrected chi connectivity index (χ1v) is 5.31. The van der Waals surface area contributed by atoms with Gasteiger partial charge in [0.2, 0.25) is 0 Å². The van der Waals surface area contributed by atoms with Crippen LogP contribution in [-0.4, -0.2) is 18.0 Å². The van der Waals surface area contributed by atoms with Crippen LogP contribution in [0.2, 0.25) is 0 Å². The van der Waals surface area contributed by atoms with Crippen molar-refractivity contribution in [2.45, 2.75) is 26.4 Å². The molecule has 0 aliphatic carbocycles. The number of hydrogen-bond acceptors (Lipinski definition) is 4. The average Bonchev–Trinajstić information content (AvgIpc) is 2.23. The molecule has 1 aromatic carbocycles. The summed E-state index contributed by atoms with van der Waals surface area (Å²) in [5.41, 5.74) is 12.4. The Balaban J connectivity index is 2.86. The first kappa shape index (κ1) is 13.0. The molecule has 0 fully saturated rings. The van der Waals surface area contributed by atoms with Crippen LogP contribution in [0.4, 0.5) is 5.69 Å². The number of nitrogens with two attached hydrogens (primary N) is 2. The van der Waals surface area contributed by atoms with E-state index in [1.54, 1.807) is 19.1 Å². The van der Waals surface area contributed by atoms with E-state index in [1.807, 2.05) is 6.92 Å². The van der Waals surface area contributed by atoms with Gasteiger partial charge in [0.1, 0.15) is 0 Å². The van der Waals surface area contributed by atoms with Crippen molar-refractivity contribution in [2.24, 2.45) is 5.73 Å². The normalized spacial score (nSPS) is 11.9. The standard InChI is InChI=1S/C12H16N2O3/c1-3-10(11(14)15)17-12(16)8-4-7(2)5-9(13)6-8/h4-6,10H,3,13H2,1-2H3,(H2,14,15). The summed E-state index contributed by atoms with van der Waals surface area (Å²) in [6.07, 6.45) is -0.549. The molecule has 92 valence electrons. The highest BCUT2D eigenvalue weighted by Gasteiger charge is 2.19. The number of nitrogen functional groups attached to an aromatic ring is 1. The zero-order valence-corrected chi connectivity index (χ0v) is 9.90. The number of rotatable bonds is 4. The summed E-state index contributed by atoms with van der Waals surface area (Å²) in [6, 6.07) is 4.89. The number of esters is 1. The largest absolute Gasteiger partial charge is 0.449 e. The fourth-order valence-corrected chi connectivity index (χ4v) is 1.47. The Labute approximate surface area is 99.7 Å². The number of benzene rings is 1. The van der Waals surface area contributed by atoms with Crippen LogP contribution in [0.15, 0.2) is 18.2 Å². The van der Waals surface area contributed by atoms with E-state index >= 15 is 0 Å². The van der Waals surface area contributed by atoms with Gasteiger partial charge in [0.15, 0.2) is 6.10 Å². The van der Waals surface area contributed by atoms with E-state index in [-0.39, 0.29) is 0 Å². The molecule has 0 radical (unpaired) electrons. The molecular formula is C12H16N2O3. The van der Waals surface area contributed by atoms with Crippen LogP contribution in [0.1, 0.15) is 29.3 Å². The minimum Gasteiger partial charge on any atom is -0.449 e. The van der Waals surface area contributed by atoms with Crippen LogP contribution in [-0.2, 0) is 9.53 Å². The third-order valence-electron chi connectivity index (χ3n) is 2.27. The fraction of sp³-hybridized carbons (Fsp3) is 0.333. The molecular weight excluding hydrogens is 220 g/mol. The zero-order valence-electron chi connectivity index (χ0n) is 9.90. The van der Waals surface area contributed by atoms with Crippen molar-refractivity contribution in [2.75, 3.05) is 5.73 Å². The number of carbonyl (C=O) groups is 2. The SMILES string of the molecule is CCC(OC(=O)c1cc(C)cc(N)c1)C(N)=O. The Morgan fingerprint density at radius 1 is 1.35 bits per heavy atom. The lowest BCUT2D eigenvalue weighted by molar-refractivity contribution is -0.126. The average molecular weight is 236 g/mol. The first-order chi connectivity index (χ1) is 7.93. The van der Waals surface area contributed by atoms with Gasteiger partial charge in [-0.2, -0.15) is 0 Å². The van der Waals surface area contributed by atoms with E-state index in [1.165, 1.54) is 6.07 Å². The molecule has 0 aliphatic heterocycles. The number of primary amides is 1. The lowest BCUT2D eigenvalue weighted by Gasteiger charge is -2.12. The molecule has 0 aromatic heterocycles. The molecule has 17 heavy (non-hydrogen) atoms. The summed E-state index contributed by atoms with van der Waals surface area (Å²) in [5, 5.41) is 0. The monoisotopic (exact) mass is 236 g/mol. The topological polar surface area (TPSA) is 95.4 Å². The van der Waals surface area contributed by atoms with Crippen molar-refractivity contribution in [1.82, 2.24) is 0 Å². The Morgan fingerprint density at radius 2 is 2.00 bits per heavy atom. The van der Waals surface area contributed by atoms with E-state index in [2.05, 4.69) is 0 Å². The maximum absolute atomic E-state index is 11.7. The van der Waals surface area contributed by atoms with E-state index in [0.717, 1.165) is 5.56 Å². The van der Waals surface area contributed by atoms with Crippen LogP contribution < -0.4 is 11.5 Å². The first-order valence-electron chi connectivity index (χ1n) is 5.31. The lowest BCUT2D eigenvalue weighted by atomic mass is 10.1. The van der Waals surface area contributed by atoms with Gasteiger partial charge < -0.3 is 16.2 Å². The molecule has 1 aromatic rings. The molecule has 1 amide bonds. The Morgan fingerprint density at radius 3 is 2.47 bits per heavy atom. The predicted molar refractivity (Wildman–Crippen MR) is 64.3 cm³/mol. The lowest BCUT2D eigenvalue weighted by Crippen LogP contribution is -2.32. The minimum absolute atomic E-state index is 0.321. The van der Waals surface area contributed by atoms with Crippen molar-refractivity contribution >= 4 is 17.6 Å². The molecule has 0 saturated heterocycles. The number of anilines is 1. The predicted octanol–water partition coefficient (Wildman–Crippen LogP) is 0.998. The molecule has 1 unspecified atom stereocenters. The quantitative estimate of drug-likeness (QED) is 0.602. The van der Waals surface area contributed by atoms with Crippen molar-refractivity contribution in [3.63, 3.8) is 0 Å². The van der Waals surface area contributed by atoms with Gasteiger partial charge in [0, 0.05) is 5.69 Å². The second-order valence-corrected chi connectivity index (χ2v) is 3.84. The molecule has 0 heterocycles. The van der Waals surface area contributed by atoms with Crippen molar-refractivity contribution in [3.8, 4) is 0 Å². The molecule has 5 nitrogen and oxygen atoms in total. The van der Waals surface area contributed by atoms with Crippen molar-refractivity contribution in [1.29, 1.82) is 0 Å². The third kappa shape index (κ3) is 3.48. The van der Waals surface area contributed by atoms with Crippen LogP contribution in [0.3, 0.4) is 0 Å². The zero-order chi connectivity index (χ0) is 13.0. The second kappa shape index (κ2) is 5.34. The number of aryl methyl sites for hydroxylation is 1. The van der Waals surface area contributed by atoms with Gasteiger partial charge in [-0.05, 0) is 37.1 Å². The van der Waals surface area contributed by atoms with Gasteiger partial charge in [0.05, 0.1) is 5.56 Å². The van der Waals surface area contributed by atoms with Crippen LogP contribution >= 0.6 is 0 Å². The summed E-state index contributed by atoms with van der Waals surface area (Å²) in [6.45, 7) is 3.53. The van der Waals surface area contributed by atoms with Crippen LogP contribution in [0, 0.1) is 6.92 Å². The number of hydrogen-bond donors (Lipinski definition) is 2. The molecule has 1 atom stereocenters. The van der Waals surface area contributed by atoms with Crippen LogP contribution in [0.25, 0.3) is 0 Å². The van der Waals surface area contributed by atoms with Gasteiger partial charge in [-0.15, -0.1) is 0 Å². The maximum atomic E-state index is 11.7. The number of ether oxygens (including phenoxy) is 1. The number of carbonyl (C=O) groups excluding carboxylic acids is 2. The van der Waals surface area contributed by atoms with Gasteiger partial charge >= 0.3 is 5.97 Å². The molecule has 0 bridgehead atoms. The highest BCUT2D eigenvalue weighted by atomic mass is 16.5. The highest BCUT2D eigenvalue weighted by molar-refractivity contribution is 5.93. The highest BCUT2D eigenvalue weighted by Crippen LogP contribution is 2.13. The fourth-order valence-electron chi connectivity index (χ4n) is 1.47. The van der Waals surface area contributed by atoms with E-state index in [0.29, 0.717) is 17.7 Å². The molecule has 0 spiro atoms. The Bertz CT molecular complexity index is 423. The molecule has 5 heteroatoms. The smallest absolute Gasteiger partial charge is 0.338 e. The van der Waals surface area contributed by atoms with Crippen LogP contribution in [0.5, 0.6) is 0 Å². The van der Waals surface area contributed by atoms with E-state index in [9.17, 15) is 9.59 Å². The summed E-state index contributed by atoms with van der Waals surface area (Å²) in [7, 11) is 0. The summed E-state index contributed by atoms with van der Waals surface area (Å²) in [4.78, 5) is 22.7.